The summed E-state index contributed by atoms with van der Waals surface area (Å²) in [4.78, 5) is 24.6. The quantitative estimate of drug-likeness (QED) is 0.368. The lowest BCUT2D eigenvalue weighted by atomic mass is 10.1. The Labute approximate surface area is 146 Å². The van der Waals surface area contributed by atoms with E-state index in [0.717, 1.165) is 40.6 Å². The van der Waals surface area contributed by atoms with Gasteiger partial charge in [0.1, 0.15) is 5.40 Å². The summed E-state index contributed by atoms with van der Waals surface area (Å²) in [5.41, 5.74) is 2.42. The van der Waals surface area contributed by atoms with E-state index in [4.69, 9.17) is 10.00 Å². The summed E-state index contributed by atoms with van der Waals surface area (Å²) in [5, 5.41) is 13.5. The maximum atomic E-state index is 12.0. The molecule has 5 nitrogen and oxygen atoms in total. The average Bonchev–Trinajstić information content (AvgIpc) is 3.02. The van der Waals surface area contributed by atoms with Crippen LogP contribution < -0.4 is 5.32 Å². The number of amides is 1. The zero-order chi connectivity index (χ0) is 17.5. The number of carbonyl (C=O) groups excluding carboxylic acids is 2. The molecular weight excluding hydrogens is 324 g/mol. The third kappa shape index (κ3) is 5.14. The number of allylic oxidation sites excluding steroid dienone is 2. The number of thiocyanates is 1. The fraction of sp³-hybridized carbons (Fsp3) is 0.389. The first-order chi connectivity index (χ1) is 11.5. The number of benzene rings is 1. The summed E-state index contributed by atoms with van der Waals surface area (Å²) in [6.45, 7) is 3.44. The lowest BCUT2D eigenvalue weighted by Gasteiger charge is -2.13. The number of ether oxygens (including phenoxy) is 1. The Morgan fingerprint density at radius 2 is 2.08 bits per heavy atom. The fourth-order valence-corrected chi connectivity index (χ4v) is 3.27. The van der Waals surface area contributed by atoms with Crippen LogP contribution in [0, 0.1) is 30.4 Å². The molecule has 1 aliphatic rings. The van der Waals surface area contributed by atoms with Crippen LogP contribution in [0.25, 0.3) is 0 Å². The van der Waals surface area contributed by atoms with Gasteiger partial charge in [0, 0.05) is 10.6 Å². The van der Waals surface area contributed by atoms with Crippen molar-refractivity contribution in [3.8, 4) is 5.40 Å². The third-order valence-electron chi connectivity index (χ3n) is 3.84. The summed E-state index contributed by atoms with van der Waals surface area (Å²) in [7, 11) is 0. The van der Waals surface area contributed by atoms with Crippen molar-refractivity contribution in [3.63, 3.8) is 0 Å². The van der Waals surface area contributed by atoms with E-state index in [0.29, 0.717) is 12.1 Å². The summed E-state index contributed by atoms with van der Waals surface area (Å²) in [5.74, 6) is -0.483. The van der Waals surface area contributed by atoms with Gasteiger partial charge in [-0.05, 0) is 67.6 Å². The number of anilines is 1. The second-order valence-electron chi connectivity index (χ2n) is 5.80. The van der Waals surface area contributed by atoms with E-state index in [1.165, 1.54) is 0 Å². The molecule has 1 aliphatic carbocycles. The third-order valence-corrected chi connectivity index (χ3v) is 4.40. The molecule has 1 aromatic carbocycles. The number of nitriles is 1. The van der Waals surface area contributed by atoms with E-state index in [-0.39, 0.29) is 24.4 Å². The van der Waals surface area contributed by atoms with Gasteiger partial charge in [-0.15, -0.1) is 0 Å². The van der Waals surface area contributed by atoms with Crippen LogP contribution in [0.1, 0.15) is 30.4 Å². The first kappa shape index (κ1) is 18.1. The minimum Gasteiger partial charge on any atom is -0.456 e. The SMILES string of the molecule is Cc1cc(SC#N)cc(C)c1NC(=O)COC(=O)C[C@H]1C=CCC1. The lowest BCUT2D eigenvalue weighted by Crippen LogP contribution is -2.22. The van der Waals surface area contributed by atoms with Gasteiger partial charge < -0.3 is 10.1 Å². The van der Waals surface area contributed by atoms with Crippen LogP contribution in [0.4, 0.5) is 5.69 Å². The Morgan fingerprint density at radius 3 is 2.67 bits per heavy atom. The first-order valence-corrected chi connectivity index (χ1v) is 8.60. The molecule has 6 heteroatoms. The van der Waals surface area contributed by atoms with Crippen molar-refractivity contribution >= 4 is 29.3 Å². The average molecular weight is 344 g/mol. The van der Waals surface area contributed by atoms with E-state index in [9.17, 15) is 9.59 Å². The van der Waals surface area contributed by atoms with Crippen molar-refractivity contribution in [2.75, 3.05) is 11.9 Å². The van der Waals surface area contributed by atoms with Crippen LogP contribution in [0.3, 0.4) is 0 Å². The number of hydrogen-bond donors (Lipinski definition) is 1. The van der Waals surface area contributed by atoms with Crippen molar-refractivity contribution in [1.82, 2.24) is 0 Å². The van der Waals surface area contributed by atoms with Gasteiger partial charge in [0.2, 0.25) is 0 Å². The van der Waals surface area contributed by atoms with Crippen molar-refractivity contribution < 1.29 is 14.3 Å². The number of thioether (sulfide) groups is 1. The molecule has 0 unspecified atom stereocenters. The summed E-state index contributed by atoms with van der Waals surface area (Å²) in [6, 6.07) is 3.68. The van der Waals surface area contributed by atoms with Gasteiger partial charge in [-0.2, -0.15) is 5.26 Å². The van der Waals surface area contributed by atoms with E-state index in [2.05, 4.69) is 11.4 Å². The van der Waals surface area contributed by atoms with Crippen molar-refractivity contribution in [1.29, 1.82) is 5.26 Å². The second-order valence-corrected chi connectivity index (χ2v) is 6.66. The largest absolute Gasteiger partial charge is 0.456 e. The number of hydrogen-bond acceptors (Lipinski definition) is 5. The summed E-state index contributed by atoms with van der Waals surface area (Å²) >= 11 is 1.08. The molecule has 0 saturated heterocycles. The Bertz CT molecular complexity index is 684. The van der Waals surface area contributed by atoms with Gasteiger partial charge in [0.05, 0.1) is 6.42 Å². The summed E-state index contributed by atoms with van der Waals surface area (Å²) < 4.78 is 5.05. The second kappa shape index (κ2) is 8.55. The highest BCUT2D eigenvalue weighted by Gasteiger charge is 2.16. The molecule has 0 aromatic heterocycles. The number of nitrogens with zero attached hydrogens (tertiary/aromatic N) is 1. The highest BCUT2D eigenvalue weighted by Crippen LogP contribution is 2.27. The van der Waals surface area contributed by atoms with Crippen LogP contribution in [-0.2, 0) is 14.3 Å². The molecule has 0 heterocycles. The fourth-order valence-electron chi connectivity index (χ4n) is 2.69. The van der Waals surface area contributed by atoms with Gasteiger partial charge in [0.15, 0.2) is 6.61 Å². The van der Waals surface area contributed by atoms with Crippen molar-refractivity contribution in [3.05, 3.63) is 35.4 Å². The van der Waals surface area contributed by atoms with Crippen molar-refractivity contribution in [2.45, 2.75) is 38.0 Å². The van der Waals surface area contributed by atoms with Gasteiger partial charge in [0.25, 0.3) is 5.91 Å². The minimum absolute atomic E-state index is 0.232. The predicted octanol–water partition coefficient (Wildman–Crippen LogP) is 3.71. The van der Waals surface area contributed by atoms with Crippen LogP contribution in [-0.4, -0.2) is 18.5 Å². The molecule has 0 aliphatic heterocycles. The standard InChI is InChI=1S/C18H20N2O3S/c1-12-7-15(24-11-19)8-13(2)18(12)20-16(21)10-23-17(22)9-14-5-3-4-6-14/h3,5,7-8,14H,4,6,9-10H2,1-2H3,(H,20,21)/t14-/m0/s1. The molecule has 1 atom stereocenters. The van der Waals surface area contributed by atoms with E-state index >= 15 is 0 Å². The number of nitrogens with one attached hydrogen (secondary N) is 1. The number of carbonyl (C=O) groups is 2. The Hall–Kier alpha value is -2.26. The maximum Gasteiger partial charge on any atom is 0.306 e. The Balaban J connectivity index is 1.87. The smallest absolute Gasteiger partial charge is 0.306 e. The molecule has 0 spiro atoms. The molecule has 0 bridgehead atoms. The maximum absolute atomic E-state index is 12.0. The van der Waals surface area contributed by atoms with Crippen molar-refractivity contribution in [2.24, 2.45) is 5.92 Å². The molecule has 1 amide bonds. The van der Waals surface area contributed by atoms with E-state index in [1.807, 2.05) is 37.5 Å². The number of rotatable bonds is 6. The monoisotopic (exact) mass is 344 g/mol. The topological polar surface area (TPSA) is 79.2 Å². The first-order valence-electron chi connectivity index (χ1n) is 7.79. The Morgan fingerprint density at radius 1 is 1.38 bits per heavy atom. The highest BCUT2D eigenvalue weighted by atomic mass is 32.2. The summed E-state index contributed by atoms with van der Waals surface area (Å²) in [6.07, 6.45) is 6.37. The van der Waals surface area contributed by atoms with Crippen LogP contribution >= 0.6 is 11.8 Å². The van der Waals surface area contributed by atoms with Crippen LogP contribution in [0.5, 0.6) is 0 Å². The lowest BCUT2D eigenvalue weighted by molar-refractivity contribution is -0.147. The zero-order valence-corrected chi connectivity index (χ0v) is 14.6. The molecular formula is C18H20N2O3S. The number of aryl methyl sites for hydroxylation is 2. The minimum atomic E-state index is -0.364. The Kier molecular flexibility index (Phi) is 6.44. The molecule has 0 radical (unpaired) electrons. The van der Waals surface area contributed by atoms with E-state index in [1.54, 1.807) is 0 Å². The molecule has 126 valence electrons. The van der Waals surface area contributed by atoms with E-state index < -0.39 is 0 Å². The van der Waals surface area contributed by atoms with Gasteiger partial charge in [-0.1, -0.05) is 12.2 Å². The predicted molar refractivity (Wildman–Crippen MR) is 93.5 cm³/mol. The van der Waals surface area contributed by atoms with Gasteiger partial charge >= 0.3 is 5.97 Å². The van der Waals surface area contributed by atoms with Gasteiger partial charge in [-0.25, -0.2) is 0 Å². The molecule has 2 rings (SSSR count). The number of esters is 1. The highest BCUT2D eigenvalue weighted by molar-refractivity contribution is 8.03. The molecule has 1 N–H and O–H groups in total. The van der Waals surface area contributed by atoms with Gasteiger partial charge in [-0.3, -0.25) is 9.59 Å². The molecule has 0 fully saturated rings. The zero-order valence-electron chi connectivity index (χ0n) is 13.8. The molecule has 1 aromatic rings. The van der Waals surface area contributed by atoms with Crippen LogP contribution in [0.2, 0.25) is 0 Å². The normalized spacial score (nSPS) is 15.8. The van der Waals surface area contributed by atoms with Crippen LogP contribution in [0.15, 0.2) is 29.2 Å². The molecule has 0 saturated carbocycles. The molecule has 24 heavy (non-hydrogen) atoms.